The second-order valence-electron chi connectivity index (χ2n) is 6.35. The van der Waals surface area contributed by atoms with E-state index in [0.29, 0.717) is 18.2 Å². The molecule has 0 saturated heterocycles. The Balaban J connectivity index is 2.05. The summed E-state index contributed by atoms with van der Waals surface area (Å²) < 4.78 is 8.59. The molecule has 0 aliphatic rings. The molecule has 0 aliphatic heterocycles. The van der Waals surface area contributed by atoms with Gasteiger partial charge in [-0.1, -0.05) is 44.2 Å². The van der Waals surface area contributed by atoms with Gasteiger partial charge in [0.15, 0.2) is 0 Å². The summed E-state index contributed by atoms with van der Waals surface area (Å²) >= 11 is 0. The molecule has 1 heterocycles. The summed E-state index contributed by atoms with van der Waals surface area (Å²) in [7, 11) is 1.58. The van der Waals surface area contributed by atoms with Crippen molar-refractivity contribution < 1.29 is 4.74 Å². The molecule has 0 bridgehead atoms. The van der Waals surface area contributed by atoms with Crippen LogP contribution in [-0.2, 0) is 13.7 Å². The quantitative estimate of drug-likeness (QED) is 0.717. The van der Waals surface area contributed by atoms with E-state index in [1.165, 1.54) is 9.36 Å². The first-order valence-electron chi connectivity index (χ1n) is 8.28. The second-order valence-corrected chi connectivity index (χ2v) is 6.35. The van der Waals surface area contributed by atoms with Gasteiger partial charge in [0.2, 0.25) is 0 Å². The lowest BCUT2D eigenvalue weighted by Gasteiger charge is -2.17. The van der Waals surface area contributed by atoms with E-state index in [4.69, 9.17) is 4.74 Å². The molecular weight excluding hydrogens is 316 g/mol. The molecule has 130 valence electrons. The monoisotopic (exact) mass is 338 g/mol. The molecule has 6 heteroatoms. The Hall–Kier alpha value is -2.89. The van der Waals surface area contributed by atoms with Gasteiger partial charge in [-0.05, 0) is 46.5 Å². The van der Waals surface area contributed by atoms with E-state index >= 15 is 0 Å². The van der Waals surface area contributed by atoms with E-state index in [1.807, 2.05) is 43.3 Å². The number of hydrogen-bond acceptors (Lipinski definition) is 4. The number of aromatic nitrogens is 4. The predicted molar refractivity (Wildman–Crippen MR) is 96.2 cm³/mol. The lowest BCUT2D eigenvalue weighted by atomic mass is 9.96. The van der Waals surface area contributed by atoms with Gasteiger partial charge in [-0.15, -0.1) is 0 Å². The largest absolute Gasteiger partial charge is 0.489 e. The van der Waals surface area contributed by atoms with Crippen LogP contribution in [0.25, 0.3) is 5.69 Å². The first-order chi connectivity index (χ1) is 12.0. The van der Waals surface area contributed by atoms with Crippen LogP contribution in [0.4, 0.5) is 0 Å². The molecule has 0 unspecified atom stereocenters. The van der Waals surface area contributed by atoms with Gasteiger partial charge < -0.3 is 4.74 Å². The second kappa shape index (κ2) is 6.93. The minimum Gasteiger partial charge on any atom is -0.489 e. The van der Waals surface area contributed by atoms with Gasteiger partial charge in [-0.3, -0.25) is 0 Å². The molecule has 6 nitrogen and oxygen atoms in total. The Kier molecular flexibility index (Phi) is 4.70. The van der Waals surface area contributed by atoms with E-state index < -0.39 is 0 Å². The molecule has 3 rings (SSSR count). The van der Waals surface area contributed by atoms with Crippen LogP contribution in [0.5, 0.6) is 5.75 Å². The van der Waals surface area contributed by atoms with E-state index in [1.54, 1.807) is 7.05 Å². The number of nitrogens with zero attached hydrogens (tertiary/aromatic N) is 4. The molecule has 0 fully saturated rings. The fourth-order valence-electron chi connectivity index (χ4n) is 2.82. The molecule has 0 spiro atoms. The van der Waals surface area contributed by atoms with Crippen molar-refractivity contribution in [1.82, 2.24) is 19.8 Å². The molecule has 25 heavy (non-hydrogen) atoms. The van der Waals surface area contributed by atoms with Crippen molar-refractivity contribution in [2.75, 3.05) is 0 Å². The van der Waals surface area contributed by atoms with Crippen molar-refractivity contribution in [1.29, 1.82) is 0 Å². The van der Waals surface area contributed by atoms with Gasteiger partial charge in [-0.2, -0.15) is 9.36 Å². The summed E-state index contributed by atoms with van der Waals surface area (Å²) in [5.74, 6) is 1.13. The Morgan fingerprint density at radius 3 is 2.48 bits per heavy atom. The number of tetrazole rings is 1. The molecule has 0 radical (unpaired) electrons. The molecule has 0 N–H and O–H groups in total. The summed E-state index contributed by atoms with van der Waals surface area (Å²) in [5.41, 5.74) is 3.57. The van der Waals surface area contributed by atoms with Crippen LogP contribution in [0, 0.1) is 6.92 Å². The van der Waals surface area contributed by atoms with Crippen molar-refractivity contribution in [2.45, 2.75) is 33.3 Å². The number of benzene rings is 2. The summed E-state index contributed by atoms with van der Waals surface area (Å²) in [6.07, 6.45) is 0. The lowest BCUT2D eigenvalue weighted by Crippen LogP contribution is -2.23. The van der Waals surface area contributed by atoms with Gasteiger partial charge >= 0.3 is 5.69 Å². The highest BCUT2D eigenvalue weighted by atomic mass is 16.5. The average Bonchev–Trinajstić information content (AvgIpc) is 2.93. The van der Waals surface area contributed by atoms with Crippen molar-refractivity contribution in [2.24, 2.45) is 7.05 Å². The van der Waals surface area contributed by atoms with Crippen molar-refractivity contribution in [3.05, 3.63) is 69.6 Å². The summed E-state index contributed by atoms with van der Waals surface area (Å²) in [6.45, 7) is 6.61. The Labute approximate surface area is 146 Å². The highest BCUT2D eigenvalue weighted by molar-refractivity contribution is 5.46. The van der Waals surface area contributed by atoms with E-state index in [-0.39, 0.29) is 5.69 Å². The lowest BCUT2D eigenvalue weighted by molar-refractivity contribution is 0.301. The molecule has 0 amide bonds. The first-order valence-corrected chi connectivity index (χ1v) is 8.28. The van der Waals surface area contributed by atoms with Crippen LogP contribution in [0.3, 0.4) is 0 Å². The fraction of sp³-hybridized carbons (Fsp3) is 0.316. The van der Waals surface area contributed by atoms with Gasteiger partial charge in [0.25, 0.3) is 0 Å². The molecule has 0 atom stereocenters. The number of ether oxygens (including phenoxy) is 1. The number of rotatable bonds is 5. The van der Waals surface area contributed by atoms with Crippen LogP contribution >= 0.6 is 0 Å². The topological polar surface area (TPSA) is 61.9 Å². The summed E-state index contributed by atoms with van der Waals surface area (Å²) in [5, 5.41) is 7.80. The van der Waals surface area contributed by atoms with E-state index in [9.17, 15) is 4.79 Å². The number of aryl methyl sites for hydroxylation is 2. The van der Waals surface area contributed by atoms with Crippen LogP contribution in [-0.4, -0.2) is 19.8 Å². The smallest absolute Gasteiger partial charge is 0.368 e. The van der Waals surface area contributed by atoms with Crippen molar-refractivity contribution in [3.63, 3.8) is 0 Å². The Morgan fingerprint density at radius 1 is 1.08 bits per heavy atom. The standard InChI is InChI=1S/C19H22N4O2/c1-13(2)15-9-7-10-17(23-19(24)22(4)20-21-23)16(15)12-25-18-11-6-5-8-14(18)3/h5-11,13H,12H2,1-4H3. The minimum absolute atomic E-state index is 0.280. The minimum atomic E-state index is -0.280. The zero-order chi connectivity index (χ0) is 18.0. The molecule has 0 saturated carbocycles. The SMILES string of the molecule is Cc1ccccc1OCc1c(C(C)C)cccc1-n1nnn(C)c1=O. The van der Waals surface area contributed by atoms with Gasteiger partial charge in [0.05, 0.1) is 5.69 Å². The van der Waals surface area contributed by atoms with Crippen molar-refractivity contribution in [3.8, 4) is 11.4 Å². The third-order valence-electron chi connectivity index (χ3n) is 4.22. The van der Waals surface area contributed by atoms with Gasteiger partial charge in [-0.25, -0.2) is 4.79 Å². The highest BCUT2D eigenvalue weighted by Gasteiger charge is 2.17. The van der Waals surface area contributed by atoms with E-state index in [0.717, 1.165) is 22.4 Å². The molecule has 2 aromatic carbocycles. The Bertz CT molecular complexity index is 941. The normalized spacial score (nSPS) is 11.1. The average molecular weight is 338 g/mol. The summed E-state index contributed by atoms with van der Waals surface area (Å²) in [4.78, 5) is 12.3. The number of hydrogen-bond donors (Lipinski definition) is 0. The van der Waals surface area contributed by atoms with Crippen molar-refractivity contribution >= 4 is 0 Å². The van der Waals surface area contributed by atoms with Crippen LogP contribution in [0.1, 0.15) is 36.5 Å². The maximum Gasteiger partial charge on any atom is 0.368 e. The first kappa shape index (κ1) is 17.0. The molecular formula is C19H22N4O2. The Morgan fingerprint density at radius 2 is 1.84 bits per heavy atom. The zero-order valence-electron chi connectivity index (χ0n) is 14.9. The molecule has 1 aromatic heterocycles. The maximum absolute atomic E-state index is 12.3. The van der Waals surface area contributed by atoms with Crippen LogP contribution in [0.15, 0.2) is 47.3 Å². The fourth-order valence-corrected chi connectivity index (χ4v) is 2.82. The van der Waals surface area contributed by atoms with Gasteiger partial charge in [0.1, 0.15) is 12.4 Å². The third kappa shape index (κ3) is 3.33. The summed E-state index contributed by atoms with van der Waals surface area (Å²) in [6, 6.07) is 13.8. The number of para-hydroxylation sites is 1. The maximum atomic E-state index is 12.3. The third-order valence-corrected chi connectivity index (χ3v) is 4.22. The van der Waals surface area contributed by atoms with Crippen LogP contribution in [0.2, 0.25) is 0 Å². The predicted octanol–water partition coefficient (Wildman–Crippen LogP) is 2.98. The molecule has 3 aromatic rings. The zero-order valence-corrected chi connectivity index (χ0v) is 14.9. The highest BCUT2D eigenvalue weighted by Crippen LogP contribution is 2.27. The van der Waals surface area contributed by atoms with Crippen LogP contribution < -0.4 is 10.4 Å². The molecule has 0 aliphatic carbocycles. The van der Waals surface area contributed by atoms with Gasteiger partial charge in [0, 0.05) is 12.6 Å². The van der Waals surface area contributed by atoms with E-state index in [2.05, 4.69) is 30.3 Å².